The van der Waals surface area contributed by atoms with Gasteiger partial charge in [0.1, 0.15) is 0 Å². The van der Waals surface area contributed by atoms with Gasteiger partial charge in [0.15, 0.2) is 0 Å². The van der Waals surface area contributed by atoms with Crippen molar-refractivity contribution in [3.05, 3.63) is 49.9 Å². The van der Waals surface area contributed by atoms with Crippen LogP contribution in [0.15, 0.2) is 23.0 Å². The highest BCUT2D eigenvalue weighted by atomic mass is 16.6. The molecule has 0 atom stereocenters. The van der Waals surface area contributed by atoms with Gasteiger partial charge in [-0.25, -0.2) is 4.79 Å². The Morgan fingerprint density at radius 3 is 2.65 bits per heavy atom. The summed E-state index contributed by atoms with van der Waals surface area (Å²) in [6.07, 6.45) is 5.38. The number of aromatic nitrogens is 4. The number of nitro benzene ring substituents is 1. The summed E-state index contributed by atoms with van der Waals surface area (Å²) in [5.41, 5.74) is 1.23. The molecule has 0 bridgehead atoms. The molecule has 1 heterocycles. The van der Waals surface area contributed by atoms with Crippen molar-refractivity contribution in [1.82, 2.24) is 19.8 Å². The van der Waals surface area contributed by atoms with Crippen molar-refractivity contribution in [2.24, 2.45) is 0 Å². The van der Waals surface area contributed by atoms with Crippen LogP contribution in [0.25, 0.3) is 0 Å². The van der Waals surface area contributed by atoms with Crippen molar-refractivity contribution in [3.8, 4) is 0 Å². The second-order valence-corrected chi connectivity index (χ2v) is 6.03. The van der Waals surface area contributed by atoms with Gasteiger partial charge in [-0.15, -0.1) is 0 Å². The predicted molar refractivity (Wildman–Crippen MR) is 83.3 cm³/mol. The Hall–Kier alpha value is -2.51. The van der Waals surface area contributed by atoms with Crippen molar-refractivity contribution in [1.29, 1.82) is 0 Å². The Bertz CT molecular complexity index is 774. The Morgan fingerprint density at radius 2 is 2.00 bits per heavy atom. The first kappa shape index (κ1) is 15.4. The topological polar surface area (TPSA) is 95.8 Å². The second-order valence-electron chi connectivity index (χ2n) is 6.03. The maximum absolute atomic E-state index is 12.4. The van der Waals surface area contributed by atoms with Crippen molar-refractivity contribution < 1.29 is 4.92 Å². The average Bonchev–Trinajstić information content (AvgIpc) is 2.89. The lowest BCUT2D eigenvalue weighted by Gasteiger charge is -2.19. The van der Waals surface area contributed by atoms with Gasteiger partial charge in [-0.3, -0.25) is 10.1 Å². The van der Waals surface area contributed by atoms with Crippen molar-refractivity contribution >= 4 is 5.69 Å². The van der Waals surface area contributed by atoms with E-state index in [1.807, 2.05) is 0 Å². The van der Waals surface area contributed by atoms with Gasteiger partial charge in [-0.05, 0) is 41.8 Å². The third-order valence-electron chi connectivity index (χ3n) is 4.37. The van der Waals surface area contributed by atoms with Gasteiger partial charge in [0, 0.05) is 11.6 Å². The zero-order valence-electron chi connectivity index (χ0n) is 13.0. The van der Waals surface area contributed by atoms with Crippen molar-refractivity contribution in [2.75, 3.05) is 0 Å². The standard InChI is InChI=1S/C15H19N5O3/c1-11-9-12(7-8-14(11)20(22)23)10-18-15(21)19(17-16-18)13-5-3-2-4-6-13/h7-9,13H,2-6,10H2,1H3. The lowest BCUT2D eigenvalue weighted by atomic mass is 9.96. The number of benzene rings is 1. The van der Waals surface area contributed by atoms with E-state index in [2.05, 4.69) is 10.4 Å². The number of hydrogen-bond donors (Lipinski definition) is 0. The van der Waals surface area contributed by atoms with E-state index in [-0.39, 0.29) is 24.0 Å². The molecule has 0 unspecified atom stereocenters. The molecule has 0 saturated heterocycles. The van der Waals surface area contributed by atoms with Crippen LogP contribution in [0, 0.1) is 17.0 Å². The third-order valence-corrected chi connectivity index (χ3v) is 4.37. The van der Waals surface area contributed by atoms with Crippen molar-refractivity contribution in [2.45, 2.75) is 51.6 Å². The molecule has 1 aromatic carbocycles. The van der Waals surface area contributed by atoms with E-state index in [9.17, 15) is 14.9 Å². The van der Waals surface area contributed by atoms with Gasteiger partial charge < -0.3 is 0 Å². The number of tetrazole rings is 1. The first-order valence-electron chi connectivity index (χ1n) is 7.82. The zero-order valence-corrected chi connectivity index (χ0v) is 13.0. The highest BCUT2D eigenvalue weighted by Crippen LogP contribution is 2.26. The molecule has 0 radical (unpaired) electrons. The summed E-state index contributed by atoms with van der Waals surface area (Å²) in [6, 6.07) is 4.96. The Balaban J connectivity index is 1.81. The zero-order chi connectivity index (χ0) is 16.4. The van der Waals surface area contributed by atoms with E-state index in [1.54, 1.807) is 19.1 Å². The molecule has 0 N–H and O–H groups in total. The molecule has 1 fully saturated rings. The fraction of sp³-hybridized carbons (Fsp3) is 0.533. The van der Waals surface area contributed by atoms with Crippen LogP contribution in [0.2, 0.25) is 0 Å². The van der Waals surface area contributed by atoms with E-state index < -0.39 is 4.92 Å². The van der Waals surface area contributed by atoms with E-state index in [0.717, 1.165) is 31.2 Å². The van der Waals surface area contributed by atoms with Gasteiger partial charge in [0.2, 0.25) is 0 Å². The minimum atomic E-state index is -0.412. The van der Waals surface area contributed by atoms with Crippen LogP contribution in [-0.2, 0) is 6.54 Å². The van der Waals surface area contributed by atoms with Crippen molar-refractivity contribution in [3.63, 3.8) is 0 Å². The van der Waals surface area contributed by atoms with E-state index in [4.69, 9.17) is 0 Å². The fourth-order valence-electron chi connectivity index (χ4n) is 3.13. The van der Waals surface area contributed by atoms with Crippen LogP contribution in [0.5, 0.6) is 0 Å². The molecule has 8 heteroatoms. The summed E-state index contributed by atoms with van der Waals surface area (Å²) in [4.78, 5) is 22.9. The van der Waals surface area contributed by atoms with E-state index in [1.165, 1.54) is 21.9 Å². The molecule has 1 aliphatic carbocycles. The summed E-state index contributed by atoms with van der Waals surface area (Å²) in [5, 5.41) is 18.8. The first-order chi connectivity index (χ1) is 11.1. The predicted octanol–water partition coefficient (Wildman–Crippen LogP) is 2.21. The molecule has 0 amide bonds. The smallest absolute Gasteiger partial charge is 0.258 e. The quantitative estimate of drug-likeness (QED) is 0.636. The molecule has 1 aromatic heterocycles. The van der Waals surface area contributed by atoms with Crippen LogP contribution in [-0.4, -0.2) is 24.7 Å². The van der Waals surface area contributed by atoms with Crippen LogP contribution in [0.4, 0.5) is 5.69 Å². The summed E-state index contributed by atoms with van der Waals surface area (Å²) < 4.78 is 2.80. The van der Waals surface area contributed by atoms with Gasteiger partial charge in [0.25, 0.3) is 5.69 Å². The normalized spacial score (nSPS) is 15.7. The second kappa shape index (κ2) is 6.31. The largest absolute Gasteiger partial charge is 0.364 e. The lowest BCUT2D eigenvalue weighted by Crippen LogP contribution is -2.29. The lowest BCUT2D eigenvalue weighted by molar-refractivity contribution is -0.385. The number of nitro groups is 1. The third kappa shape index (κ3) is 3.15. The molecule has 0 spiro atoms. The molecule has 2 aromatic rings. The van der Waals surface area contributed by atoms with Crippen LogP contribution >= 0.6 is 0 Å². The minimum absolute atomic E-state index is 0.0759. The highest BCUT2D eigenvalue weighted by molar-refractivity contribution is 5.41. The summed E-state index contributed by atoms with van der Waals surface area (Å²) in [7, 11) is 0. The molecular formula is C15H19N5O3. The molecule has 8 nitrogen and oxygen atoms in total. The Morgan fingerprint density at radius 1 is 1.26 bits per heavy atom. The Kier molecular flexibility index (Phi) is 4.22. The molecule has 122 valence electrons. The number of nitrogens with zero attached hydrogens (tertiary/aromatic N) is 5. The average molecular weight is 317 g/mol. The van der Waals surface area contributed by atoms with Crippen LogP contribution in [0.3, 0.4) is 0 Å². The molecule has 0 aliphatic heterocycles. The van der Waals surface area contributed by atoms with Crippen LogP contribution < -0.4 is 5.69 Å². The van der Waals surface area contributed by atoms with E-state index >= 15 is 0 Å². The van der Waals surface area contributed by atoms with Gasteiger partial charge in [0.05, 0.1) is 17.5 Å². The minimum Gasteiger partial charge on any atom is -0.258 e. The van der Waals surface area contributed by atoms with E-state index in [0.29, 0.717) is 5.56 Å². The first-order valence-corrected chi connectivity index (χ1v) is 7.82. The number of rotatable bonds is 4. The van der Waals surface area contributed by atoms with Gasteiger partial charge in [-0.2, -0.15) is 9.36 Å². The molecular weight excluding hydrogens is 298 g/mol. The maximum atomic E-state index is 12.4. The Labute approximate surface area is 132 Å². The SMILES string of the molecule is Cc1cc(Cn2nnn(C3CCCCC3)c2=O)ccc1[N+](=O)[O-]. The van der Waals surface area contributed by atoms with Crippen LogP contribution in [0.1, 0.15) is 49.3 Å². The highest BCUT2D eigenvalue weighted by Gasteiger charge is 2.20. The number of hydrogen-bond acceptors (Lipinski definition) is 5. The summed E-state index contributed by atoms with van der Waals surface area (Å²) >= 11 is 0. The fourth-order valence-corrected chi connectivity index (χ4v) is 3.13. The van der Waals surface area contributed by atoms with Gasteiger partial charge >= 0.3 is 5.69 Å². The van der Waals surface area contributed by atoms with Gasteiger partial charge in [-0.1, -0.05) is 25.3 Å². The molecule has 23 heavy (non-hydrogen) atoms. The molecule has 3 rings (SSSR count). The summed E-state index contributed by atoms with van der Waals surface area (Å²) in [6.45, 7) is 1.95. The number of aryl methyl sites for hydroxylation is 1. The molecule has 1 aliphatic rings. The summed E-state index contributed by atoms with van der Waals surface area (Å²) in [5.74, 6) is 0. The monoisotopic (exact) mass is 317 g/mol. The molecule has 1 saturated carbocycles. The maximum Gasteiger partial charge on any atom is 0.364 e.